The fraction of sp³-hybridized carbons (Fsp3) is 1.00. The molecule has 0 saturated carbocycles. The molecule has 0 aromatic heterocycles. The summed E-state index contributed by atoms with van der Waals surface area (Å²) in [6.07, 6.45) is 1.15. The molecule has 0 spiro atoms. The zero-order valence-electron chi connectivity index (χ0n) is 8.00. The van der Waals surface area contributed by atoms with Gasteiger partial charge >= 0.3 is 35.3 Å². The van der Waals surface area contributed by atoms with Crippen molar-refractivity contribution in [1.82, 2.24) is 0 Å². The van der Waals surface area contributed by atoms with Gasteiger partial charge in [-0.3, -0.25) is 0 Å². The maximum atomic E-state index is 5.86. The average molecular weight is 424 g/mol. The van der Waals surface area contributed by atoms with Crippen LogP contribution in [0.1, 0.15) is 6.42 Å². The van der Waals surface area contributed by atoms with Crippen LogP contribution in [0.4, 0.5) is 0 Å². The van der Waals surface area contributed by atoms with Crippen LogP contribution < -0.4 is 11.5 Å². The van der Waals surface area contributed by atoms with E-state index in [0.717, 1.165) is 6.42 Å². The number of hydrogen-bond donors (Lipinski definition) is 2. The maximum absolute atomic E-state index is 5.86. The predicted octanol–water partition coefficient (Wildman–Crippen LogP) is 2.13. The molecule has 4 N–H and O–H groups in total. The summed E-state index contributed by atoms with van der Waals surface area (Å²) in [7, 11) is 8.85. The van der Waals surface area contributed by atoms with Gasteiger partial charge in [0.25, 0.3) is 0 Å². The van der Waals surface area contributed by atoms with Gasteiger partial charge in [-0.2, -0.15) is 0 Å². The zero-order valence-corrected chi connectivity index (χ0v) is 12.8. The third kappa shape index (κ3) is 6.48. The third-order valence-electron chi connectivity index (χ3n) is 2.49. The zero-order chi connectivity index (χ0) is 10.5. The molecule has 1 fully saturated rings. The Morgan fingerprint density at radius 3 is 2.00 bits per heavy atom. The Kier molecular flexibility index (Phi) is 7.55. The van der Waals surface area contributed by atoms with E-state index in [4.69, 9.17) is 30.3 Å². The third-order valence-corrected chi connectivity index (χ3v) is 5.71. The minimum atomic E-state index is -0.900. The van der Waals surface area contributed by atoms with Crippen molar-refractivity contribution >= 4 is 26.9 Å². The average Bonchev–Trinajstić information content (AvgIpc) is 1.99. The first-order valence-electron chi connectivity index (χ1n) is 4.26. The van der Waals surface area contributed by atoms with Gasteiger partial charge in [-0.15, -0.1) is 0 Å². The van der Waals surface area contributed by atoms with Gasteiger partial charge in [-0.1, -0.05) is 19.1 Å². The Morgan fingerprint density at radius 2 is 1.69 bits per heavy atom. The van der Waals surface area contributed by atoms with E-state index in [0.29, 0.717) is 0 Å². The molecule has 1 rings (SSSR count). The van der Waals surface area contributed by atoms with Crippen molar-refractivity contribution < 1.29 is 16.5 Å². The summed E-state index contributed by atoms with van der Waals surface area (Å²) in [5.74, 6) is 0. The Labute approximate surface area is 98.1 Å². The summed E-state index contributed by atoms with van der Waals surface area (Å²) in [6, 6.07) is 3.15. The molecule has 0 radical (unpaired) electrons. The van der Waals surface area contributed by atoms with E-state index in [1.807, 2.05) is 0 Å². The van der Waals surface area contributed by atoms with E-state index < -0.39 is 24.6 Å². The van der Waals surface area contributed by atoms with E-state index in [9.17, 15) is 0 Å². The fourth-order valence-corrected chi connectivity index (χ4v) is 4.56. The second-order valence-electron chi connectivity index (χ2n) is 4.28. The molecule has 6 heteroatoms. The monoisotopic (exact) mass is 423 g/mol. The van der Waals surface area contributed by atoms with E-state index in [1.54, 1.807) is 0 Å². The minimum absolute atomic E-state index is 0.278. The summed E-state index contributed by atoms with van der Waals surface area (Å²) < 4.78 is 0. The van der Waals surface area contributed by atoms with E-state index in [1.165, 1.54) is 12.1 Å². The summed E-state index contributed by atoms with van der Waals surface area (Å²) >= 11 is -0.472. The van der Waals surface area contributed by atoms with Crippen molar-refractivity contribution in [2.24, 2.45) is 11.5 Å². The molecule has 2 nitrogen and oxygen atoms in total. The van der Waals surface area contributed by atoms with Crippen LogP contribution in [0.2, 0.25) is 25.2 Å². The van der Waals surface area contributed by atoms with Gasteiger partial charge in [0.1, 0.15) is 0 Å². The molecular formula is C7H18Cl2N2PtSi. The standard InChI is InChI=1S/C7H18N2Si.2ClH.Pt/c1-10(2)4-3-6(8)7(9)5-10;;;/h6-7H,3-5,8-9H2,1-2H3;2*1H;/q;;;+2/p-2/t6-,7-;;;/m1.../s1. The van der Waals surface area contributed by atoms with E-state index >= 15 is 0 Å². The molecule has 1 heterocycles. The number of halogens is 2. The predicted molar refractivity (Wildman–Crippen MR) is 59.4 cm³/mol. The van der Waals surface area contributed by atoms with Gasteiger partial charge in [0.15, 0.2) is 0 Å². The van der Waals surface area contributed by atoms with Crippen LogP contribution in [0.5, 0.6) is 0 Å². The summed E-state index contributed by atoms with van der Waals surface area (Å²) in [6.45, 7) is 4.80. The van der Waals surface area contributed by atoms with Gasteiger partial charge in [0.05, 0.1) is 0 Å². The Balaban J connectivity index is 0.000000424. The van der Waals surface area contributed by atoms with Crippen LogP contribution in [-0.4, -0.2) is 20.2 Å². The molecule has 1 aliphatic heterocycles. The molecule has 1 saturated heterocycles. The van der Waals surface area contributed by atoms with Crippen LogP contribution in [0.25, 0.3) is 0 Å². The van der Waals surface area contributed by atoms with Crippen molar-refractivity contribution in [3.05, 3.63) is 0 Å². The molecule has 0 bridgehead atoms. The van der Waals surface area contributed by atoms with Crippen molar-refractivity contribution in [1.29, 1.82) is 0 Å². The van der Waals surface area contributed by atoms with Crippen LogP contribution in [0.15, 0.2) is 0 Å². The van der Waals surface area contributed by atoms with Gasteiger partial charge in [-0.05, 0) is 12.5 Å². The molecule has 1 aliphatic rings. The van der Waals surface area contributed by atoms with Crippen LogP contribution in [-0.2, 0) is 16.5 Å². The quantitative estimate of drug-likeness (QED) is 0.586. The van der Waals surface area contributed by atoms with Crippen LogP contribution in [0.3, 0.4) is 0 Å². The molecule has 0 amide bonds. The molecule has 13 heavy (non-hydrogen) atoms. The number of hydrogen-bond acceptors (Lipinski definition) is 2. The van der Waals surface area contributed by atoms with Crippen LogP contribution in [0, 0.1) is 0 Å². The molecule has 0 aliphatic carbocycles. The first-order valence-corrected chi connectivity index (χ1v) is 13.3. The van der Waals surface area contributed by atoms with Gasteiger partial charge < -0.3 is 11.5 Å². The van der Waals surface area contributed by atoms with Gasteiger partial charge in [0, 0.05) is 20.2 Å². The Bertz CT molecular complexity index is 148. The Hall–Kier alpha value is 1.41. The van der Waals surface area contributed by atoms with Crippen molar-refractivity contribution in [3.8, 4) is 0 Å². The van der Waals surface area contributed by atoms with Crippen molar-refractivity contribution in [3.63, 3.8) is 0 Å². The summed E-state index contributed by atoms with van der Waals surface area (Å²) in [4.78, 5) is 0. The van der Waals surface area contributed by atoms with Crippen LogP contribution >= 0.6 is 18.8 Å². The molecule has 0 aromatic rings. The molecule has 0 unspecified atom stereocenters. The van der Waals surface area contributed by atoms with Gasteiger partial charge in [0.2, 0.25) is 0 Å². The first kappa shape index (κ1) is 14.4. The molecule has 0 aromatic carbocycles. The number of rotatable bonds is 0. The fourth-order valence-electron chi connectivity index (χ4n) is 1.66. The Morgan fingerprint density at radius 1 is 1.23 bits per heavy atom. The SMILES string of the molecule is C[Si]1(C)CC[C@@H](N)[C@H](N)C1.[Cl][Pt][Cl]. The first-order chi connectivity index (χ1) is 5.93. The topological polar surface area (TPSA) is 52.0 Å². The summed E-state index contributed by atoms with van der Waals surface area (Å²) in [5, 5.41) is 0. The molecule has 84 valence electrons. The van der Waals surface area contributed by atoms with Crippen molar-refractivity contribution in [2.75, 3.05) is 0 Å². The molecule has 2 atom stereocenters. The van der Waals surface area contributed by atoms with E-state index in [2.05, 4.69) is 13.1 Å². The second kappa shape index (κ2) is 6.81. The number of nitrogens with two attached hydrogens (primary N) is 2. The second-order valence-corrected chi connectivity index (χ2v) is 12.8. The normalized spacial score (nSPS) is 32.2. The van der Waals surface area contributed by atoms with E-state index in [-0.39, 0.29) is 12.1 Å². The molecular weight excluding hydrogens is 406 g/mol. The van der Waals surface area contributed by atoms with Crippen molar-refractivity contribution in [2.45, 2.75) is 43.7 Å². The van der Waals surface area contributed by atoms with Gasteiger partial charge in [-0.25, -0.2) is 0 Å². The summed E-state index contributed by atoms with van der Waals surface area (Å²) in [5.41, 5.74) is 11.7.